The van der Waals surface area contributed by atoms with Crippen LogP contribution in [-0.2, 0) is 25.7 Å². The van der Waals surface area contributed by atoms with Crippen LogP contribution in [0.1, 0.15) is 22.4 Å². The van der Waals surface area contributed by atoms with Gasteiger partial charge < -0.3 is 9.72 Å². The first kappa shape index (κ1) is 20.2. The molecule has 156 valence electrons. The van der Waals surface area contributed by atoms with Gasteiger partial charge in [0.05, 0.1) is 23.9 Å². The minimum Gasteiger partial charge on any atom is -0.497 e. The molecule has 1 aliphatic rings. The Bertz CT molecular complexity index is 1090. The van der Waals surface area contributed by atoms with E-state index < -0.39 is 11.7 Å². The topological polar surface area (TPSA) is 58.2 Å². The fourth-order valence-corrected chi connectivity index (χ4v) is 3.56. The minimum atomic E-state index is -4.40. The van der Waals surface area contributed by atoms with Crippen molar-refractivity contribution in [1.29, 1.82) is 0 Å². The van der Waals surface area contributed by atoms with E-state index in [1.54, 1.807) is 7.11 Å². The van der Waals surface area contributed by atoms with E-state index in [4.69, 9.17) is 4.74 Å². The molecule has 0 saturated carbocycles. The highest BCUT2D eigenvalue weighted by molar-refractivity contribution is 5.56. The number of aromatic amines is 1. The van der Waals surface area contributed by atoms with Crippen molar-refractivity contribution in [3.63, 3.8) is 0 Å². The molecular formula is C22H20F3N3O2. The third-order valence-electron chi connectivity index (χ3n) is 5.20. The number of ether oxygens (including phenoxy) is 1. The van der Waals surface area contributed by atoms with Crippen molar-refractivity contribution in [1.82, 2.24) is 14.9 Å². The van der Waals surface area contributed by atoms with Gasteiger partial charge in [-0.1, -0.05) is 24.3 Å². The molecule has 2 aromatic carbocycles. The lowest BCUT2D eigenvalue weighted by molar-refractivity contribution is -0.137. The summed E-state index contributed by atoms with van der Waals surface area (Å²) in [6, 6.07) is 12.4. The van der Waals surface area contributed by atoms with Gasteiger partial charge in [-0.05, 0) is 29.8 Å². The maximum Gasteiger partial charge on any atom is 0.416 e. The number of fused-ring (bicyclic) bond motifs is 1. The molecule has 0 aliphatic carbocycles. The van der Waals surface area contributed by atoms with E-state index >= 15 is 0 Å². The van der Waals surface area contributed by atoms with Gasteiger partial charge in [-0.3, -0.25) is 9.69 Å². The second-order valence-electron chi connectivity index (χ2n) is 7.22. The number of hydrogen-bond acceptors (Lipinski definition) is 4. The fourth-order valence-electron chi connectivity index (χ4n) is 3.56. The molecule has 30 heavy (non-hydrogen) atoms. The van der Waals surface area contributed by atoms with Crippen LogP contribution in [0, 0.1) is 0 Å². The number of halogens is 3. The van der Waals surface area contributed by atoms with Crippen LogP contribution in [0.2, 0.25) is 0 Å². The van der Waals surface area contributed by atoms with Crippen LogP contribution in [0.4, 0.5) is 13.2 Å². The van der Waals surface area contributed by atoms with E-state index in [9.17, 15) is 18.0 Å². The summed E-state index contributed by atoms with van der Waals surface area (Å²) in [5, 5.41) is 0. The Morgan fingerprint density at radius 3 is 2.43 bits per heavy atom. The normalized spacial score (nSPS) is 14.4. The largest absolute Gasteiger partial charge is 0.497 e. The van der Waals surface area contributed by atoms with Crippen molar-refractivity contribution in [2.24, 2.45) is 0 Å². The number of rotatable bonds is 4. The Kier molecular flexibility index (Phi) is 5.34. The van der Waals surface area contributed by atoms with E-state index in [0.29, 0.717) is 36.3 Å². The van der Waals surface area contributed by atoms with Gasteiger partial charge in [0.15, 0.2) is 0 Å². The maximum absolute atomic E-state index is 12.8. The van der Waals surface area contributed by atoms with Gasteiger partial charge in [-0.25, -0.2) is 4.98 Å². The van der Waals surface area contributed by atoms with Crippen LogP contribution in [-0.4, -0.2) is 28.5 Å². The average Bonchev–Trinajstić information content (AvgIpc) is 2.74. The van der Waals surface area contributed by atoms with Gasteiger partial charge in [0.2, 0.25) is 0 Å². The van der Waals surface area contributed by atoms with Crippen LogP contribution < -0.4 is 10.3 Å². The average molecular weight is 415 g/mol. The quantitative estimate of drug-likeness (QED) is 0.699. The standard InChI is InChI=1S/C22H20F3N3O2/c1-30-17-8-2-14(3-9-17)12-28-11-10-19-18(13-28)21(29)27-20(26-19)15-4-6-16(7-5-15)22(23,24)25/h2-9H,10-13H2,1H3,(H,26,27,29). The summed E-state index contributed by atoms with van der Waals surface area (Å²) in [5.41, 5.74) is 1.87. The number of nitrogens with zero attached hydrogens (tertiary/aromatic N) is 2. The monoisotopic (exact) mass is 415 g/mol. The molecular weight excluding hydrogens is 395 g/mol. The lowest BCUT2D eigenvalue weighted by Gasteiger charge is -2.27. The van der Waals surface area contributed by atoms with Gasteiger partial charge in [0.1, 0.15) is 11.6 Å². The summed E-state index contributed by atoms with van der Waals surface area (Å²) < 4.78 is 43.4. The molecule has 2 heterocycles. The number of nitrogens with one attached hydrogen (secondary N) is 1. The molecule has 5 nitrogen and oxygen atoms in total. The second-order valence-corrected chi connectivity index (χ2v) is 7.22. The van der Waals surface area contributed by atoms with E-state index in [1.165, 1.54) is 12.1 Å². The van der Waals surface area contributed by atoms with Crippen LogP contribution in [0.15, 0.2) is 53.3 Å². The third-order valence-corrected chi connectivity index (χ3v) is 5.20. The highest BCUT2D eigenvalue weighted by Crippen LogP contribution is 2.30. The predicted molar refractivity (Wildman–Crippen MR) is 106 cm³/mol. The van der Waals surface area contributed by atoms with E-state index in [-0.39, 0.29) is 11.4 Å². The summed E-state index contributed by atoms with van der Waals surface area (Å²) >= 11 is 0. The Labute approximate surface area is 171 Å². The molecule has 0 unspecified atom stereocenters. The summed E-state index contributed by atoms with van der Waals surface area (Å²) in [7, 11) is 1.62. The molecule has 0 amide bonds. The first-order valence-electron chi connectivity index (χ1n) is 9.48. The SMILES string of the molecule is COc1ccc(CN2CCc3nc(-c4ccc(C(F)(F)F)cc4)[nH]c(=O)c3C2)cc1. The molecule has 0 saturated heterocycles. The van der Waals surface area contributed by atoms with Crippen molar-refractivity contribution in [3.8, 4) is 17.1 Å². The highest BCUT2D eigenvalue weighted by Gasteiger charge is 2.30. The summed E-state index contributed by atoms with van der Waals surface area (Å²) in [6.07, 6.45) is -3.80. The second kappa shape index (κ2) is 7.95. The first-order chi connectivity index (χ1) is 14.3. The molecule has 8 heteroatoms. The van der Waals surface area contributed by atoms with Crippen molar-refractivity contribution in [2.75, 3.05) is 13.7 Å². The van der Waals surface area contributed by atoms with Crippen molar-refractivity contribution >= 4 is 0 Å². The third kappa shape index (κ3) is 4.23. The van der Waals surface area contributed by atoms with E-state index in [0.717, 1.165) is 30.0 Å². The minimum absolute atomic E-state index is 0.255. The van der Waals surface area contributed by atoms with Crippen molar-refractivity contribution < 1.29 is 17.9 Å². The zero-order valence-electron chi connectivity index (χ0n) is 16.3. The lowest BCUT2D eigenvalue weighted by atomic mass is 10.0. The molecule has 0 spiro atoms. The Morgan fingerprint density at radius 1 is 1.10 bits per heavy atom. The zero-order chi connectivity index (χ0) is 21.3. The molecule has 3 aromatic rings. The summed E-state index contributed by atoms with van der Waals surface area (Å²) in [4.78, 5) is 22.1. The van der Waals surface area contributed by atoms with Gasteiger partial charge in [-0.2, -0.15) is 13.2 Å². The van der Waals surface area contributed by atoms with Crippen LogP contribution in [0.25, 0.3) is 11.4 Å². The van der Waals surface area contributed by atoms with Gasteiger partial charge in [0.25, 0.3) is 5.56 Å². The van der Waals surface area contributed by atoms with E-state index in [2.05, 4.69) is 14.9 Å². The molecule has 4 rings (SSSR count). The number of methoxy groups -OCH3 is 1. The van der Waals surface area contributed by atoms with Crippen LogP contribution in [0.3, 0.4) is 0 Å². The van der Waals surface area contributed by atoms with Crippen LogP contribution >= 0.6 is 0 Å². The number of benzene rings is 2. The number of alkyl halides is 3. The molecule has 1 N–H and O–H groups in total. The molecule has 0 bridgehead atoms. The maximum atomic E-state index is 12.8. The summed E-state index contributed by atoms with van der Waals surface area (Å²) in [5.74, 6) is 1.08. The number of hydrogen-bond donors (Lipinski definition) is 1. The number of H-pyrrole nitrogens is 1. The first-order valence-corrected chi connectivity index (χ1v) is 9.48. The smallest absolute Gasteiger partial charge is 0.416 e. The van der Waals surface area contributed by atoms with Gasteiger partial charge >= 0.3 is 6.18 Å². The van der Waals surface area contributed by atoms with E-state index in [1.807, 2.05) is 24.3 Å². The van der Waals surface area contributed by atoms with Crippen LogP contribution in [0.5, 0.6) is 5.75 Å². The van der Waals surface area contributed by atoms with Gasteiger partial charge in [-0.15, -0.1) is 0 Å². The lowest BCUT2D eigenvalue weighted by Crippen LogP contribution is -2.35. The van der Waals surface area contributed by atoms with Crippen molar-refractivity contribution in [2.45, 2.75) is 25.7 Å². The Hall–Kier alpha value is -3.13. The summed E-state index contributed by atoms with van der Waals surface area (Å²) in [6.45, 7) is 1.91. The number of aromatic nitrogens is 2. The predicted octanol–water partition coefficient (Wildman–Crippen LogP) is 4.02. The zero-order valence-corrected chi connectivity index (χ0v) is 16.3. The molecule has 0 atom stereocenters. The fraction of sp³-hybridized carbons (Fsp3) is 0.273. The molecule has 0 fully saturated rings. The molecule has 0 radical (unpaired) electrons. The van der Waals surface area contributed by atoms with Crippen molar-refractivity contribution in [3.05, 3.63) is 81.3 Å². The highest BCUT2D eigenvalue weighted by atomic mass is 19.4. The Morgan fingerprint density at radius 2 is 1.80 bits per heavy atom. The molecule has 1 aromatic heterocycles. The van der Waals surface area contributed by atoms with Gasteiger partial charge in [0, 0.05) is 31.6 Å². The Balaban J connectivity index is 1.53. The molecule has 1 aliphatic heterocycles.